The number of hydrogen-bond donors (Lipinski definition) is 1. The third-order valence-corrected chi connectivity index (χ3v) is 2.38. The van der Waals surface area contributed by atoms with Gasteiger partial charge in [0.1, 0.15) is 11.2 Å². The smallest absolute Gasteiger partial charge is 0.412 e. The van der Waals surface area contributed by atoms with Gasteiger partial charge < -0.3 is 9.47 Å². The van der Waals surface area contributed by atoms with Crippen LogP contribution in [0.1, 0.15) is 38.1 Å². The van der Waals surface area contributed by atoms with Gasteiger partial charge in [-0.3, -0.25) is 5.32 Å². The largest absolute Gasteiger partial charge is 0.462 e. The molecule has 1 aromatic heterocycles. The summed E-state index contributed by atoms with van der Waals surface area (Å²) in [7, 11) is 0. The number of nitrogens with one attached hydrogen (secondary N) is 1. The van der Waals surface area contributed by atoms with Gasteiger partial charge in [0.15, 0.2) is 11.0 Å². The Morgan fingerprint density at radius 3 is 2.57 bits per heavy atom. The Morgan fingerprint density at radius 1 is 1.43 bits per heavy atom. The first-order valence-corrected chi connectivity index (χ1v) is 6.54. The van der Waals surface area contributed by atoms with Crippen LogP contribution in [0.5, 0.6) is 0 Å². The molecule has 0 aliphatic heterocycles. The minimum atomic E-state index is -0.955. The first-order valence-electron chi connectivity index (χ1n) is 6.16. The topological polar surface area (TPSA) is 77.5 Å². The lowest BCUT2D eigenvalue weighted by Gasteiger charge is -2.20. The molecule has 1 amide bonds. The molecule has 21 heavy (non-hydrogen) atoms. The molecule has 1 N–H and O–H groups in total. The molecule has 0 saturated carbocycles. The highest BCUT2D eigenvalue weighted by Gasteiger charge is 2.25. The van der Waals surface area contributed by atoms with E-state index < -0.39 is 29.0 Å². The summed E-state index contributed by atoms with van der Waals surface area (Å²) < 4.78 is 23.5. The summed E-state index contributed by atoms with van der Waals surface area (Å²) >= 11 is 5.81. The molecule has 1 heterocycles. The number of nitrogens with zero attached hydrogens (tertiary/aromatic N) is 1. The van der Waals surface area contributed by atoms with Crippen molar-refractivity contribution in [2.75, 3.05) is 11.9 Å². The van der Waals surface area contributed by atoms with E-state index in [1.807, 2.05) is 0 Å². The highest BCUT2D eigenvalue weighted by Crippen LogP contribution is 2.27. The van der Waals surface area contributed by atoms with Gasteiger partial charge >= 0.3 is 12.1 Å². The van der Waals surface area contributed by atoms with Gasteiger partial charge in [0.25, 0.3) is 0 Å². The molecular formula is C13H16ClFN2O4. The van der Waals surface area contributed by atoms with E-state index in [1.165, 1.54) is 0 Å². The summed E-state index contributed by atoms with van der Waals surface area (Å²) in [5, 5.41) is 1.97. The second-order valence-corrected chi connectivity index (χ2v) is 5.35. The van der Waals surface area contributed by atoms with E-state index in [0.717, 1.165) is 6.20 Å². The standard InChI is InChI=1S/C13H16ClFN2O4/c1-5-20-11(18)8-7(15)6-16-10(14)9(8)17-12(19)21-13(2,3)4/h6H,5H2,1-4H3,(H,17,19). The van der Waals surface area contributed by atoms with Crippen molar-refractivity contribution in [3.63, 3.8) is 0 Å². The van der Waals surface area contributed by atoms with E-state index in [9.17, 15) is 14.0 Å². The van der Waals surface area contributed by atoms with E-state index in [-0.39, 0.29) is 17.4 Å². The number of pyridine rings is 1. The molecule has 1 rings (SSSR count). The number of carbonyl (C=O) groups is 2. The van der Waals surface area contributed by atoms with E-state index in [0.29, 0.717) is 0 Å². The molecular weight excluding hydrogens is 303 g/mol. The van der Waals surface area contributed by atoms with Crippen molar-refractivity contribution in [1.29, 1.82) is 0 Å². The van der Waals surface area contributed by atoms with Gasteiger partial charge in [-0.15, -0.1) is 0 Å². The van der Waals surface area contributed by atoms with Crippen LogP contribution in [0.3, 0.4) is 0 Å². The average molecular weight is 319 g/mol. The molecule has 0 saturated heterocycles. The van der Waals surface area contributed by atoms with Gasteiger partial charge in [0.05, 0.1) is 18.5 Å². The maximum absolute atomic E-state index is 13.8. The SMILES string of the molecule is CCOC(=O)c1c(F)cnc(Cl)c1NC(=O)OC(C)(C)C. The van der Waals surface area contributed by atoms with E-state index in [4.69, 9.17) is 21.1 Å². The summed E-state index contributed by atoms with van der Waals surface area (Å²) in [5.74, 6) is -1.91. The molecule has 0 bridgehead atoms. The molecule has 0 unspecified atom stereocenters. The van der Waals surface area contributed by atoms with E-state index in [1.54, 1.807) is 27.7 Å². The van der Waals surface area contributed by atoms with Crippen molar-refractivity contribution in [2.24, 2.45) is 0 Å². The lowest BCUT2D eigenvalue weighted by atomic mass is 10.2. The number of carbonyl (C=O) groups excluding carboxylic acids is 2. The van der Waals surface area contributed by atoms with Crippen molar-refractivity contribution in [1.82, 2.24) is 4.98 Å². The van der Waals surface area contributed by atoms with Gasteiger partial charge in [-0.05, 0) is 27.7 Å². The van der Waals surface area contributed by atoms with Crippen LogP contribution in [-0.4, -0.2) is 29.3 Å². The molecule has 0 atom stereocenters. The number of rotatable bonds is 3. The quantitative estimate of drug-likeness (QED) is 0.682. The van der Waals surface area contributed by atoms with Crippen molar-refractivity contribution >= 4 is 29.4 Å². The number of aromatic nitrogens is 1. The van der Waals surface area contributed by atoms with Gasteiger partial charge in [-0.2, -0.15) is 0 Å². The first-order chi connectivity index (χ1) is 9.65. The van der Waals surface area contributed by atoms with Gasteiger partial charge in [0.2, 0.25) is 0 Å². The zero-order valence-electron chi connectivity index (χ0n) is 12.1. The summed E-state index contributed by atoms with van der Waals surface area (Å²) in [6.45, 7) is 6.59. The lowest BCUT2D eigenvalue weighted by Crippen LogP contribution is -2.28. The summed E-state index contributed by atoms with van der Waals surface area (Å²) in [5.41, 5.74) is -1.55. The number of ether oxygens (including phenoxy) is 2. The van der Waals surface area contributed by atoms with Crippen molar-refractivity contribution < 1.29 is 23.5 Å². The van der Waals surface area contributed by atoms with Crippen LogP contribution in [0.4, 0.5) is 14.9 Å². The van der Waals surface area contributed by atoms with Crippen LogP contribution in [0.25, 0.3) is 0 Å². The van der Waals surface area contributed by atoms with Crippen LogP contribution in [0.2, 0.25) is 5.15 Å². The molecule has 0 radical (unpaired) electrons. The minimum absolute atomic E-state index is 0.0457. The number of halogens is 2. The zero-order chi connectivity index (χ0) is 16.2. The molecule has 116 valence electrons. The second kappa shape index (κ2) is 6.71. The monoisotopic (exact) mass is 318 g/mol. The highest BCUT2D eigenvalue weighted by molar-refractivity contribution is 6.33. The highest BCUT2D eigenvalue weighted by atomic mass is 35.5. The first kappa shape index (κ1) is 17.2. The molecule has 0 spiro atoms. The predicted molar refractivity (Wildman–Crippen MR) is 75.0 cm³/mol. The fourth-order valence-corrected chi connectivity index (χ4v) is 1.58. The number of hydrogen-bond acceptors (Lipinski definition) is 5. The number of anilines is 1. The molecule has 0 aliphatic rings. The lowest BCUT2D eigenvalue weighted by molar-refractivity contribution is 0.0522. The fourth-order valence-electron chi connectivity index (χ4n) is 1.39. The Balaban J connectivity index is 3.13. The van der Waals surface area contributed by atoms with Crippen LogP contribution in [0.15, 0.2) is 6.20 Å². The Labute approximate surface area is 126 Å². The fraction of sp³-hybridized carbons (Fsp3) is 0.462. The van der Waals surface area contributed by atoms with Gasteiger partial charge in [-0.1, -0.05) is 11.6 Å². The Morgan fingerprint density at radius 2 is 2.05 bits per heavy atom. The van der Waals surface area contributed by atoms with Gasteiger partial charge in [0, 0.05) is 0 Å². The Kier molecular flexibility index (Phi) is 5.48. The molecule has 1 aromatic rings. The van der Waals surface area contributed by atoms with Crippen molar-refractivity contribution in [3.05, 3.63) is 22.7 Å². The molecule has 0 aromatic carbocycles. The maximum atomic E-state index is 13.8. The van der Waals surface area contributed by atoms with Crippen molar-refractivity contribution in [3.8, 4) is 0 Å². The van der Waals surface area contributed by atoms with Crippen molar-refractivity contribution in [2.45, 2.75) is 33.3 Å². The molecule has 0 fully saturated rings. The number of amides is 1. The molecule has 0 aliphatic carbocycles. The summed E-state index contributed by atoms with van der Waals surface area (Å²) in [6, 6.07) is 0. The van der Waals surface area contributed by atoms with Crippen LogP contribution in [0, 0.1) is 5.82 Å². The minimum Gasteiger partial charge on any atom is -0.462 e. The molecule has 8 heteroatoms. The van der Waals surface area contributed by atoms with E-state index >= 15 is 0 Å². The van der Waals surface area contributed by atoms with Crippen LogP contribution < -0.4 is 5.32 Å². The third-order valence-electron chi connectivity index (χ3n) is 2.09. The third kappa shape index (κ3) is 4.86. The molecule has 6 nitrogen and oxygen atoms in total. The Bertz CT molecular complexity index is 558. The Hall–Kier alpha value is -1.89. The second-order valence-electron chi connectivity index (χ2n) is 4.99. The summed E-state index contributed by atoms with van der Waals surface area (Å²) in [6.07, 6.45) is -0.114. The van der Waals surface area contributed by atoms with Crippen LogP contribution >= 0.6 is 11.6 Å². The summed E-state index contributed by atoms with van der Waals surface area (Å²) in [4.78, 5) is 27.0. The predicted octanol–water partition coefficient (Wildman–Crippen LogP) is 3.40. The van der Waals surface area contributed by atoms with E-state index in [2.05, 4.69) is 10.3 Å². The van der Waals surface area contributed by atoms with Crippen LogP contribution in [-0.2, 0) is 9.47 Å². The number of esters is 1. The average Bonchev–Trinajstić information content (AvgIpc) is 2.31. The van der Waals surface area contributed by atoms with Gasteiger partial charge in [-0.25, -0.2) is 19.0 Å². The maximum Gasteiger partial charge on any atom is 0.412 e. The zero-order valence-corrected chi connectivity index (χ0v) is 12.9. The normalized spacial score (nSPS) is 11.0.